The summed E-state index contributed by atoms with van der Waals surface area (Å²) < 4.78 is 2.98. The van der Waals surface area contributed by atoms with Crippen molar-refractivity contribution in [3.8, 4) is 0 Å². The van der Waals surface area contributed by atoms with E-state index in [1.165, 1.54) is 24.5 Å². The zero-order valence-electron chi connectivity index (χ0n) is 12.2. The van der Waals surface area contributed by atoms with Crippen LogP contribution in [0.3, 0.4) is 0 Å². The maximum absolute atomic E-state index is 12.3. The van der Waals surface area contributed by atoms with E-state index in [1.807, 2.05) is 0 Å². The maximum atomic E-state index is 12.3. The quantitative estimate of drug-likeness (QED) is 0.278. The van der Waals surface area contributed by atoms with Crippen LogP contribution in [0.4, 0.5) is 0 Å². The number of halogens is 3. The molecule has 2 N–H and O–H groups in total. The molecule has 1 rings (SSSR count). The first kappa shape index (κ1) is 18.7. The van der Waals surface area contributed by atoms with Gasteiger partial charge in [-0.3, -0.25) is 10.4 Å². The molecule has 8 heteroatoms. The summed E-state index contributed by atoms with van der Waals surface area (Å²) >= 11 is 17.0. The normalized spacial score (nSPS) is 13.4. The minimum Gasteiger partial charge on any atom is -0.506 e. The number of carbonyl (C=O) groups is 1. The first-order valence-electron chi connectivity index (χ1n) is 6.16. The van der Waals surface area contributed by atoms with Gasteiger partial charge in [-0.05, 0) is 32.9 Å². The summed E-state index contributed by atoms with van der Waals surface area (Å²) in [6.45, 7) is 4.93. The maximum Gasteiger partial charge on any atom is 0.344 e. The van der Waals surface area contributed by atoms with Gasteiger partial charge in [0, 0.05) is 18.0 Å². The summed E-state index contributed by atoms with van der Waals surface area (Å²) in [6, 6.07) is 2.90. The van der Waals surface area contributed by atoms with E-state index in [1.54, 1.807) is 20.8 Å². The molecule has 0 bridgehead atoms. The van der Waals surface area contributed by atoms with Crippen molar-refractivity contribution in [2.24, 2.45) is 0 Å². The number of aliphatic hydroxyl groups is 1. The van der Waals surface area contributed by atoms with E-state index in [9.17, 15) is 9.90 Å². The first-order valence-corrected chi connectivity index (χ1v) is 7.30. The summed E-state index contributed by atoms with van der Waals surface area (Å²) in [5.74, 6) is -1.48. The Morgan fingerprint density at radius 3 is 2.14 bits per heavy atom. The SMILES string of the molecule is CC(C)(C)OC(=O)C(C(=N)C(Cl)(Cl)Cl)=C(O)c1ccncc1. The smallest absolute Gasteiger partial charge is 0.344 e. The second-order valence-electron chi connectivity index (χ2n) is 5.33. The number of hydrogen-bond acceptors (Lipinski definition) is 5. The van der Waals surface area contributed by atoms with Gasteiger partial charge in [-0.15, -0.1) is 0 Å². The lowest BCUT2D eigenvalue weighted by molar-refractivity contribution is -0.149. The fraction of sp³-hybridized carbons (Fsp3) is 0.357. The van der Waals surface area contributed by atoms with Gasteiger partial charge >= 0.3 is 5.97 Å². The number of ether oxygens (including phenoxy) is 1. The molecule has 120 valence electrons. The van der Waals surface area contributed by atoms with Crippen LogP contribution in [0.15, 0.2) is 30.1 Å². The number of pyridine rings is 1. The Morgan fingerprint density at radius 1 is 1.23 bits per heavy atom. The molecule has 22 heavy (non-hydrogen) atoms. The standard InChI is InChI=1S/C14H15Cl3N2O3/c1-13(2,3)22-12(21)9(11(18)14(15,16)17)10(20)8-4-6-19-7-5-8/h4-7,18,20H,1-3H3. The van der Waals surface area contributed by atoms with E-state index in [-0.39, 0.29) is 5.56 Å². The summed E-state index contributed by atoms with van der Waals surface area (Å²) in [5, 5.41) is 18.2. The Balaban J connectivity index is 3.41. The molecule has 5 nitrogen and oxygen atoms in total. The number of aromatic nitrogens is 1. The highest BCUT2D eigenvalue weighted by Gasteiger charge is 2.37. The number of alkyl halides is 3. The van der Waals surface area contributed by atoms with Crippen molar-refractivity contribution in [1.82, 2.24) is 4.98 Å². The van der Waals surface area contributed by atoms with E-state index in [0.29, 0.717) is 0 Å². The highest BCUT2D eigenvalue weighted by molar-refractivity contribution is 6.78. The fourth-order valence-corrected chi connectivity index (χ4v) is 1.73. The van der Waals surface area contributed by atoms with Crippen molar-refractivity contribution >= 4 is 52.2 Å². The molecule has 0 radical (unpaired) electrons. The summed E-state index contributed by atoms with van der Waals surface area (Å²) in [4.78, 5) is 16.1. The van der Waals surface area contributed by atoms with Gasteiger partial charge in [0.1, 0.15) is 22.6 Å². The Morgan fingerprint density at radius 2 is 1.73 bits per heavy atom. The van der Waals surface area contributed by atoms with Gasteiger partial charge in [0.15, 0.2) is 0 Å². The molecule has 0 amide bonds. The summed E-state index contributed by atoms with van der Waals surface area (Å²) in [6.07, 6.45) is 2.83. The number of hydrogen-bond donors (Lipinski definition) is 2. The molecule has 0 unspecified atom stereocenters. The molecule has 1 aromatic rings. The summed E-state index contributed by atoms with van der Waals surface area (Å²) in [5.41, 5.74) is -1.79. The molecule has 0 fully saturated rings. The van der Waals surface area contributed by atoms with Gasteiger partial charge in [0.2, 0.25) is 3.79 Å². The Hall–Kier alpha value is -1.30. The van der Waals surface area contributed by atoms with E-state index < -0.39 is 32.4 Å². The average Bonchev–Trinajstić information content (AvgIpc) is 2.36. The van der Waals surface area contributed by atoms with Gasteiger partial charge in [-0.2, -0.15) is 0 Å². The monoisotopic (exact) mass is 364 g/mol. The van der Waals surface area contributed by atoms with Crippen molar-refractivity contribution in [3.05, 3.63) is 35.7 Å². The Bertz CT molecular complexity index is 602. The van der Waals surface area contributed by atoms with Crippen LogP contribution in [-0.2, 0) is 9.53 Å². The Labute approximate surface area is 143 Å². The lowest BCUT2D eigenvalue weighted by Crippen LogP contribution is -2.32. The van der Waals surface area contributed by atoms with Crippen LogP contribution >= 0.6 is 34.8 Å². The molecule has 1 aromatic heterocycles. The number of nitrogens with one attached hydrogen (secondary N) is 1. The number of esters is 1. The lowest BCUT2D eigenvalue weighted by Gasteiger charge is -2.23. The van der Waals surface area contributed by atoms with Gasteiger partial charge in [0.25, 0.3) is 0 Å². The molecular weight excluding hydrogens is 351 g/mol. The Kier molecular flexibility index (Phi) is 5.84. The van der Waals surface area contributed by atoms with Gasteiger partial charge in [-0.25, -0.2) is 4.79 Å². The van der Waals surface area contributed by atoms with Crippen molar-refractivity contribution in [2.45, 2.75) is 30.2 Å². The number of aliphatic hydroxyl groups excluding tert-OH is 1. The van der Waals surface area contributed by atoms with Crippen molar-refractivity contribution in [2.75, 3.05) is 0 Å². The minimum absolute atomic E-state index is 0.245. The van der Waals surface area contributed by atoms with Crippen LogP contribution in [0.5, 0.6) is 0 Å². The molecule has 0 saturated heterocycles. The largest absolute Gasteiger partial charge is 0.506 e. The van der Waals surface area contributed by atoms with Crippen molar-refractivity contribution < 1.29 is 14.6 Å². The molecule has 0 aromatic carbocycles. The summed E-state index contributed by atoms with van der Waals surface area (Å²) in [7, 11) is 0. The number of nitrogens with zero attached hydrogens (tertiary/aromatic N) is 1. The molecule has 0 aliphatic rings. The average molecular weight is 366 g/mol. The first-order chi connectivity index (χ1) is 9.93. The second-order valence-corrected chi connectivity index (χ2v) is 7.62. The molecule has 1 heterocycles. The van der Waals surface area contributed by atoms with E-state index in [0.717, 1.165) is 0 Å². The predicted octanol–water partition coefficient (Wildman–Crippen LogP) is 4.08. The van der Waals surface area contributed by atoms with Crippen molar-refractivity contribution in [1.29, 1.82) is 5.41 Å². The number of rotatable bonds is 3. The highest BCUT2D eigenvalue weighted by atomic mass is 35.6. The van der Waals surface area contributed by atoms with Crippen molar-refractivity contribution in [3.63, 3.8) is 0 Å². The molecule has 0 aliphatic carbocycles. The lowest BCUT2D eigenvalue weighted by atomic mass is 10.1. The minimum atomic E-state index is -2.19. The van der Waals surface area contributed by atoms with E-state index >= 15 is 0 Å². The molecule has 0 saturated carbocycles. The van der Waals surface area contributed by atoms with Crippen LogP contribution in [0.2, 0.25) is 0 Å². The molecule has 0 spiro atoms. The zero-order chi connectivity index (χ0) is 17.1. The van der Waals surface area contributed by atoms with Crippen LogP contribution in [0.25, 0.3) is 5.76 Å². The van der Waals surface area contributed by atoms with Crippen LogP contribution in [0.1, 0.15) is 26.3 Å². The van der Waals surface area contributed by atoms with E-state index in [4.69, 9.17) is 44.9 Å². The molecule has 0 atom stereocenters. The molecule has 0 aliphatic heterocycles. The second kappa shape index (κ2) is 6.86. The third-order valence-corrected chi connectivity index (χ3v) is 2.89. The predicted molar refractivity (Wildman–Crippen MR) is 87.6 cm³/mol. The molecular formula is C14H15Cl3N2O3. The van der Waals surface area contributed by atoms with Gasteiger partial charge in [-0.1, -0.05) is 34.8 Å². The highest BCUT2D eigenvalue weighted by Crippen LogP contribution is 2.33. The van der Waals surface area contributed by atoms with E-state index in [2.05, 4.69) is 4.98 Å². The number of carbonyl (C=O) groups excluding carboxylic acids is 1. The topological polar surface area (TPSA) is 83.3 Å². The van der Waals surface area contributed by atoms with Crippen LogP contribution in [-0.4, -0.2) is 31.2 Å². The third-order valence-electron chi connectivity index (χ3n) is 2.33. The van der Waals surface area contributed by atoms with Crippen LogP contribution < -0.4 is 0 Å². The van der Waals surface area contributed by atoms with Gasteiger partial charge in [0.05, 0.1) is 0 Å². The fourth-order valence-electron chi connectivity index (χ4n) is 1.44. The zero-order valence-corrected chi connectivity index (χ0v) is 14.4. The third kappa shape index (κ3) is 5.16. The van der Waals surface area contributed by atoms with Crippen LogP contribution in [0, 0.1) is 5.41 Å². The van der Waals surface area contributed by atoms with Gasteiger partial charge < -0.3 is 9.84 Å².